The number of hydrogen-bond donors (Lipinski definition) is 1. The van der Waals surface area contributed by atoms with Crippen LogP contribution in [0.15, 0.2) is 36.4 Å². The largest absolute Gasteiger partial charge is 0.488 e. The predicted molar refractivity (Wildman–Crippen MR) is 98.4 cm³/mol. The van der Waals surface area contributed by atoms with Gasteiger partial charge in [0.15, 0.2) is 0 Å². The summed E-state index contributed by atoms with van der Waals surface area (Å²) in [5, 5.41) is 3.19. The van der Waals surface area contributed by atoms with Crippen LogP contribution in [-0.4, -0.2) is 12.2 Å². The molecule has 0 fully saturated rings. The minimum absolute atomic E-state index is 0.353. The number of thiocarbonyl (C=S) groups is 1. The van der Waals surface area contributed by atoms with Crippen molar-refractivity contribution in [3.8, 4) is 11.5 Å². The van der Waals surface area contributed by atoms with Crippen LogP contribution in [0.4, 0.5) is 0 Å². The molecule has 0 bridgehead atoms. The lowest BCUT2D eigenvalue weighted by molar-refractivity contribution is 0.298. The van der Waals surface area contributed by atoms with Crippen molar-refractivity contribution in [2.24, 2.45) is 0 Å². The van der Waals surface area contributed by atoms with Crippen molar-refractivity contribution < 1.29 is 9.47 Å². The molecule has 23 heavy (non-hydrogen) atoms. The second kappa shape index (κ2) is 7.97. The highest BCUT2D eigenvalue weighted by atomic mass is 32.1. The Balaban J connectivity index is 2.24. The first kappa shape index (κ1) is 17.3. The maximum Gasteiger partial charge on any atom is 0.261 e. The van der Waals surface area contributed by atoms with E-state index in [9.17, 15) is 0 Å². The van der Waals surface area contributed by atoms with Crippen molar-refractivity contribution in [2.45, 2.75) is 33.8 Å². The van der Waals surface area contributed by atoms with Crippen molar-refractivity contribution in [2.75, 3.05) is 7.05 Å². The summed E-state index contributed by atoms with van der Waals surface area (Å²) < 4.78 is 11.7. The summed E-state index contributed by atoms with van der Waals surface area (Å²) in [6, 6.07) is 12.2. The number of ether oxygens (including phenoxy) is 2. The molecule has 0 amide bonds. The minimum atomic E-state index is 0.353. The van der Waals surface area contributed by atoms with Gasteiger partial charge in [0.25, 0.3) is 5.17 Å². The van der Waals surface area contributed by atoms with Gasteiger partial charge in [-0.3, -0.25) is 0 Å². The average molecular weight is 329 g/mol. The van der Waals surface area contributed by atoms with Gasteiger partial charge in [-0.2, -0.15) is 0 Å². The van der Waals surface area contributed by atoms with Crippen LogP contribution >= 0.6 is 12.2 Å². The van der Waals surface area contributed by atoms with E-state index in [-0.39, 0.29) is 0 Å². The van der Waals surface area contributed by atoms with Crippen LogP contribution in [-0.2, 0) is 13.0 Å². The van der Waals surface area contributed by atoms with E-state index in [1.54, 1.807) is 7.05 Å². The molecule has 0 saturated carbocycles. The third-order valence-electron chi connectivity index (χ3n) is 3.72. The fourth-order valence-corrected chi connectivity index (χ4v) is 2.55. The highest BCUT2D eigenvalue weighted by molar-refractivity contribution is 7.80. The van der Waals surface area contributed by atoms with Crippen molar-refractivity contribution in [1.82, 2.24) is 5.32 Å². The fourth-order valence-electron chi connectivity index (χ4n) is 2.46. The van der Waals surface area contributed by atoms with Gasteiger partial charge in [-0.1, -0.05) is 36.8 Å². The Kier molecular flexibility index (Phi) is 5.99. The molecule has 122 valence electrons. The predicted octanol–water partition coefficient (Wildman–Crippen LogP) is 4.33. The molecule has 0 heterocycles. The van der Waals surface area contributed by atoms with E-state index < -0.39 is 0 Å². The number of rotatable bonds is 5. The van der Waals surface area contributed by atoms with Gasteiger partial charge >= 0.3 is 0 Å². The van der Waals surface area contributed by atoms with Crippen LogP contribution in [0.5, 0.6) is 11.5 Å². The van der Waals surface area contributed by atoms with Gasteiger partial charge in [-0.05, 0) is 55.7 Å². The van der Waals surface area contributed by atoms with Gasteiger partial charge in [-0.25, -0.2) is 0 Å². The lowest BCUT2D eigenvalue weighted by Gasteiger charge is -2.16. The second-order valence-electron chi connectivity index (χ2n) is 5.44. The van der Waals surface area contributed by atoms with Gasteiger partial charge in [0.05, 0.1) is 0 Å². The van der Waals surface area contributed by atoms with Crippen molar-refractivity contribution in [3.05, 3.63) is 58.7 Å². The average Bonchev–Trinajstić information content (AvgIpc) is 2.54. The summed E-state index contributed by atoms with van der Waals surface area (Å²) >= 11 is 5.11. The summed E-state index contributed by atoms with van der Waals surface area (Å²) in [5.41, 5.74) is 4.60. The van der Waals surface area contributed by atoms with Crippen molar-refractivity contribution in [1.29, 1.82) is 0 Å². The van der Waals surface area contributed by atoms with E-state index in [0.29, 0.717) is 11.8 Å². The van der Waals surface area contributed by atoms with Crippen molar-refractivity contribution >= 4 is 17.4 Å². The topological polar surface area (TPSA) is 30.5 Å². The maximum absolute atomic E-state index is 6.03. The smallest absolute Gasteiger partial charge is 0.261 e. The molecular formula is C19H23NO2S. The molecule has 0 aromatic heterocycles. The molecule has 0 atom stereocenters. The Labute approximate surface area is 143 Å². The molecule has 2 rings (SSSR count). The fraction of sp³-hybridized carbons (Fsp3) is 0.316. The molecule has 0 saturated heterocycles. The molecule has 0 spiro atoms. The molecule has 3 nitrogen and oxygen atoms in total. The van der Waals surface area contributed by atoms with Gasteiger partial charge in [0, 0.05) is 12.6 Å². The number of nitrogens with one attached hydrogen (secondary N) is 1. The first-order valence-electron chi connectivity index (χ1n) is 7.75. The molecule has 0 aliphatic rings. The maximum atomic E-state index is 6.03. The molecular weight excluding hydrogens is 306 g/mol. The molecule has 0 aliphatic carbocycles. The minimum Gasteiger partial charge on any atom is -0.488 e. The van der Waals surface area contributed by atoms with E-state index in [1.165, 1.54) is 11.1 Å². The SMILES string of the molecule is CCc1cccc(OC(=S)NC)c1COc1ccc(C)cc1C. The van der Waals surface area contributed by atoms with Crippen LogP contribution in [0, 0.1) is 13.8 Å². The molecule has 2 aromatic carbocycles. The third-order valence-corrected chi connectivity index (χ3v) is 4.01. The van der Waals surface area contributed by atoms with E-state index in [1.807, 2.05) is 18.2 Å². The van der Waals surface area contributed by atoms with E-state index >= 15 is 0 Å². The second-order valence-corrected chi connectivity index (χ2v) is 5.82. The molecule has 0 unspecified atom stereocenters. The molecule has 1 N–H and O–H groups in total. The van der Waals surface area contributed by atoms with Gasteiger partial charge in [0.2, 0.25) is 0 Å². The summed E-state index contributed by atoms with van der Waals surface area (Å²) in [6.45, 7) is 6.71. The zero-order valence-corrected chi connectivity index (χ0v) is 14.9. The van der Waals surface area contributed by atoms with E-state index in [2.05, 4.69) is 44.3 Å². The van der Waals surface area contributed by atoms with Crippen LogP contribution in [0.3, 0.4) is 0 Å². The van der Waals surface area contributed by atoms with Crippen LogP contribution in [0.2, 0.25) is 0 Å². The standard InChI is InChI=1S/C19H23NO2S/c1-5-15-7-6-8-18(22-19(23)20-4)16(15)12-21-17-10-9-13(2)11-14(17)3/h6-11H,5,12H2,1-4H3,(H,20,23). The number of benzene rings is 2. The molecule has 2 aromatic rings. The first-order chi connectivity index (χ1) is 11.0. The van der Waals surface area contributed by atoms with Crippen LogP contribution in [0.25, 0.3) is 0 Å². The molecule has 4 heteroatoms. The number of aryl methyl sites for hydroxylation is 3. The Morgan fingerprint density at radius 3 is 2.57 bits per heavy atom. The number of hydrogen-bond acceptors (Lipinski definition) is 3. The van der Waals surface area contributed by atoms with E-state index in [0.717, 1.165) is 29.0 Å². The van der Waals surface area contributed by atoms with Crippen molar-refractivity contribution in [3.63, 3.8) is 0 Å². The quantitative estimate of drug-likeness (QED) is 0.827. The molecule has 0 radical (unpaired) electrons. The van der Waals surface area contributed by atoms with Crippen LogP contribution in [0.1, 0.15) is 29.2 Å². The van der Waals surface area contributed by atoms with Gasteiger partial charge in [0.1, 0.15) is 18.1 Å². The van der Waals surface area contributed by atoms with Gasteiger partial charge < -0.3 is 14.8 Å². The Morgan fingerprint density at radius 1 is 1.13 bits per heavy atom. The summed E-state index contributed by atoms with van der Waals surface area (Å²) in [6.07, 6.45) is 0.912. The summed E-state index contributed by atoms with van der Waals surface area (Å²) in [4.78, 5) is 0. The molecule has 0 aliphatic heterocycles. The Hall–Kier alpha value is -2.07. The first-order valence-corrected chi connectivity index (χ1v) is 8.16. The van der Waals surface area contributed by atoms with E-state index in [4.69, 9.17) is 21.7 Å². The zero-order valence-electron chi connectivity index (χ0n) is 14.1. The highest BCUT2D eigenvalue weighted by Crippen LogP contribution is 2.27. The Bertz CT molecular complexity index is 698. The lowest BCUT2D eigenvalue weighted by Crippen LogP contribution is -2.22. The lowest BCUT2D eigenvalue weighted by atomic mass is 10.0. The normalized spacial score (nSPS) is 10.3. The van der Waals surface area contributed by atoms with Crippen LogP contribution < -0.4 is 14.8 Å². The Morgan fingerprint density at radius 2 is 1.91 bits per heavy atom. The highest BCUT2D eigenvalue weighted by Gasteiger charge is 2.12. The third kappa shape index (κ3) is 4.45. The van der Waals surface area contributed by atoms with Gasteiger partial charge in [-0.15, -0.1) is 0 Å². The monoisotopic (exact) mass is 329 g/mol. The zero-order chi connectivity index (χ0) is 16.8. The summed E-state index contributed by atoms with van der Waals surface area (Å²) in [5.74, 6) is 1.64. The summed E-state index contributed by atoms with van der Waals surface area (Å²) in [7, 11) is 1.75.